The number of nitrogens with zero attached hydrogens (tertiary/aromatic N) is 2. The maximum absolute atomic E-state index is 12.1. The van der Waals surface area contributed by atoms with E-state index in [0.717, 1.165) is 40.5 Å². The molecule has 2 aromatic heterocycles. The summed E-state index contributed by atoms with van der Waals surface area (Å²) in [7, 11) is 0. The van der Waals surface area contributed by atoms with Crippen molar-refractivity contribution in [1.29, 1.82) is 0 Å². The zero-order chi connectivity index (χ0) is 17.2. The van der Waals surface area contributed by atoms with E-state index in [-0.39, 0.29) is 5.91 Å². The number of benzene rings is 1. The van der Waals surface area contributed by atoms with Crippen LogP contribution in [0.5, 0.6) is 0 Å². The molecule has 3 aromatic rings. The molecule has 5 nitrogen and oxygen atoms in total. The third-order valence-corrected chi connectivity index (χ3v) is 5.41. The Morgan fingerprint density at radius 1 is 1.28 bits per heavy atom. The molecule has 1 aliphatic heterocycles. The highest BCUT2D eigenvalue weighted by Crippen LogP contribution is 2.34. The Bertz CT molecular complexity index is 905. The van der Waals surface area contributed by atoms with Crippen LogP contribution in [0.25, 0.3) is 10.6 Å². The van der Waals surface area contributed by atoms with E-state index in [1.807, 2.05) is 41.3 Å². The van der Waals surface area contributed by atoms with Crippen LogP contribution in [0.4, 0.5) is 11.4 Å². The summed E-state index contributed by atoms with van der Waals surface area (Å²) in [4.78, 5) is 14.9. The van der Waals surface area contributed by atoms with Crippen LogP contribution >= 0.6 is 22.9 Å². The SMILES string of the molecule is O=C1CCCN1c1ccccc1NCc1cnoc1-c1ccc(Cl)s1. The van der Waals surface area contributed by atoms with Crippen LogP contribution in [0.3, 0.4) is 0 Å². The molecule has 4 rings (SSSR count). The van der Waals surface area contributed by atoms with Crippen LogP contribution < -0.4 is 10.2 Å². The normalized spacial score (nSPS) is 14.3. The number of para-hydroxylation sites is 2. The van der Waals surface area contributed by atoms with Gasteiger partial charge < -0.3 is 14.7 Å². The van der Waals surface area contributed by atoms with E-state index in [0.29, 0.717) is 17.3 Å². The largest absolute Gasteiger partial charge is 0.379 e. The Kier molecular flexibility index (Phi) is 4.46. The minimum atomic E-state index is 0.174. The molecule has 128 valence electrons. The lowest BCUT2D eigenvalue weighted by Crippen LogP contribution is -2.24. The number of rotatable bonds is 5. The zero-order valence-corrected chi connectivity index (χ0v) is 14.9. The molecule has 3 heterocycles. The van der Waals surface area contributed by atoms with Gasteiger partial charge in [0.05, 0.1) is 26.8 Å². The first-order valence-electron chi connectivity index (χ1n) is 8.05. The smallest absolute Gasteiger partial charge is 0.227 e. The second-order valence-corrected chi connectivity index (χ2v) is 7.52. The predicted molar refractivity (Wildman–Crippen MR) is 100 cm³/mol. The van der Waals surface area contributed by atoms with E-state index in [1.54, 1.807) is 6.20 Å². The summed E-state index contributed by atoms with van der Waals surface area (Å²) in [6.45, 7) is 1.32. The summed E-state index contributed by atoms with van der Waals surface area (Å²) in [5.41, 5.74) is 2.79. The van der Waals surface area contributed by atoms with E-state index < -0.39 is 0 Å². The molecule has 1 fully saturated rings. The molecule has 1 N–H and O–H groups in total. The first kappa shape index (κ1) is 16.2. The van der Waals surface area contributed by atoms with Crippen molar-refractivity contribution in [3.8, 4) is 10.6 Å². The first-order chi connectivity index (χ1) is 12.2. The van der Waals surface area contributed by atoms with Crippen LogP contribution in [-0.2, 0) is 11.3 Å². The molecule has 0 radical (unpaired) electrons. The van der Waals surface area contributed by atoms with Gasteiger partial charge in [-0.2, -0.15) is 0 Å². The highest BCUT2D eigenvalue weighted by atomic mass is 35.5. The third-order valence-electron chi connectivity index (χ3n) is 4.18. The fourth-order valence-electron chi connectivity index (χ4n) is 2.98. The number of anilines is 2. The maximum atomic E-state index is 12.1. The number of amides is 1. The number of hydrogen-bond donors (Lipinski definition) is 1. The van der Waals surface area contributed by atoms with Crippen molar-refractivity contribution in [3.63, 3.8) is 0 Å². The van der Waals surface area contributed by atoms with Crippen molar-refractivity contribution in [3.05, 3.63) is 52.5 Å². The lowest BCUT2D eigenvalue weighted by molar-refractivity contribution is -0.117. The minimum absolute atomic E-state index is 0.174. The van der Waals surface area contributed by atoms with Crippen molar-refractivity contribution in [2.45, 2.75) is 19.4 Å². The van der Waals surface area contributed by atoms with Gasteiger partial charge >= 0.3 is 0 Å². The Morgan fingerprint density at radius 2 is 2.16 bits per heavy atom. The van der Waals surface area contributed by atoms with Crippen molar-refractivity contribution in [2.75, 3.05) is 16.8 Å². The summed E-state index contributed by atoms with van der Waals surface area (Å²) >= 11 is 7.47. The number of carbonyl (C=O) groups is 1. The predicted octanol–water partition coefficient (Wildman–Crippen LogP) is 4.80. The Balaban J connectivity index is 1.55. The van der Waals surface area contributed by atoms with Crippen LogP contribution in [-0.4, -0.2) is 17.6 Å². The van der Waals surface area contributed by atoms with E-state index in [1.165, 1.54) is 11.3 Å². The topological polar surface area (TPSA) is 58.4 Å². The fourth-order valence-corrected chi connectivity index (χ4v) is 4.03. The average Bonchev–Trinajstić information content (AvgIpc) is 3.34. The summed E-state index contributed by atoms with van der Waals surface area (Å²) in [5.74, 6) is 0.896. The monoisotopic (exact) mass is 373 g/mol. The molecule has 7 heteroatoms. The lowest BCUT2D eigenvalue weighted by atomic mass is 10.2. The molecular weight excluding hydrogens is 358 g/mol. The molecule has 0 bridgehead atoms. The molecule has 1 saturated heterocycles. The van der Waals surface area contributed by atoms with Gasteiger partial charge in [0.25, 0.3) is 0 Å². The number of halogens is 1. The van der Waals surface area contributed by atoms with Crippen molar-refractivity contribution < 1.29 is 9.32 Å². The molecule has 0 atom stereocenters. The van der Waals surface area contributed by atoms with Gasteiger partial charge in [0.15, 0.2) is 5.76 Å². The van der Waals surface area contributed by atoms with Crippen LogP contribution in [0, 0.1) is 0 Å². The summed E-state index contributed by atoms with van der Waals surface area (Å²) in [6, 6.07) is 11.6. The highest BCUT2D eigenvalue weighted by Gasteiger charge is 2.23. The minimum Gasteiger partial charge on any atom is -0.379 e. The number of hydrogen-bond acceptors (Lipinski definition) is 5. The van der Waals surface area contributed by atoms with Gasteiger partial charge in [0.2, 0.25) is 5.91 Å². The van der Waals surface area contributed by atoms with Crippen LogP contribution in [0.15, 0.2) is 47.1 Å². The van der Waals surface area contributed by atoms with E-state index in [4.69, 9.17) is 16.1 Å². The van der Waals surface area contributed by atoms with Gasteiger partial charge in [-0.3, -0.25) is 4.79 Å². The average molecular weight is 374 g/mol. The Hall–Kier alpha value is -2.31. The summed E-state index contributed by atoms with van der Waals surface area (Å²) in [5, 5.41) is 7.32. The van der Waals surface area contributed by atoms with Crippen molar-refractivity contribution in [2.24, 2.45) is 0 Å². The van der Waals surface area contributed by atoms with E-state index >= 15 is 0 Å². The number of carbonyl (C=O) groups excluding carboxylic acids is 1. The van der Waals surface area contributed by atoms with E-state index in [9.17, 15) is 4.79 Å². The Morgan fingerprint density at radius 3 is 2.92 bits per heavy atom. The van der Waals surface area contributed by atoms with Gasteiger partial charge in [0, 0.05) is 25.1 Å². The zero-order valence-electron chi connectivity index (χ0n) is 13.4. The molecule has 0 saturated carbocycles. The van der Waals surface area contributed by atoms with Crippen LogP contribution in [0.1, 0.15) is 18.4 Å². The second-order valence-electron chi connectivity index (χ2n) is 5.80. The molecule has 1 aromatic carbocycles. The Labute approximate surface area is 154 Å². The summed E-state index contributed by atoms with van der Waals surface area (Å²) < 4.78 is 6.11. The number of aromatic nitrogens is 1. The summed E-state index contributed by atoms with van der Waals surface area (Å²) in [6.07, 6.45) is 3.23. The van der Waals surface area contributed by atoms with Crippen molar-refractivity contribution >= 4 is 40.2 Å². The van der Waals surface area contributed by atoms with Gasteiger partial charge in [-0.15, -0.1) is 11.3 Å². The molecular formula is C18H16ClN3O2S. The standard InChI is InChI=1S/C18H16ClN3O2S/c19-16-8-7-15(25-16)18-12(11-21-24-18)10-20-13-4-1-2-5-14(13)22-9-3-6-17(22)23/h1-2,4-5,7-8,11,20H,3,6,9-10H2. The fraction of sp³-hybridized carbons (Fsp3) is 0.222. The molecule has 1 amide bonds. The van der Waals surface area contributed by atoms with Crippen LogP contribution in [0.2, 0.25) is 4.34 Å². The highest BCUT2D eigenvalue weighted by molar-refractivity contribution is 7.19. The molecule has 25 heavy (non-hydrogen) atoms. The molecule has 0 aliphatic carbocycles. The van der Waals surface area contributed by atoms with Crippen molar-refractivity contribution in [1.82, 2.24) is 5.16 Å². The second kappa shape index (κ2) is 6.90. The lowest BCUT2D eigenvalue weighted by Gasteiger charge is -2.20. The number of thiophene rings is 1. The quantitative estimate of drug-likeness (QED) is 0.698. The maximum Gasteiger partial charge on any atom is 0.227 e. The first-order valence-corrected chi connectivity index (χ1v) is 9.24. The molecule has 0 unspecified atom stereocenters. The van der Waals surface area contributed by atoms with E-state index in [2.05, 4.69) is 10.5 Å². The van der Waals surface area contributed by atoms with Gasteiger partial charge in [0.1, 0.15) is 0 Å². The van der Waals surface area contributed by atoms with Gasteiger partial charge in [-0.05, 0) is 30.7 Å². The molecule has 0 spiro atoms. The van der Waals surface area contributed by atoms with Gasteiger partial charge in [-0.1, -0.05) is 28.9 Å². The third kappa shape index (κ3) is 3.27. The molecule has 1 aliphatic rings. The number of nitrogens with one attached hydrogen (secondary N) is 1. The van der Waals surface area contributed by atoms with Gasteiger partial charge in [-0.25, -0.2) is 0 Å².